The van der Waals surface area contributed by atoms with Gasteiger partial charge in [0.15, 0.2) is 0 Å². The van der Waals surface area contributed by atoms with Gasteiger partial charge in [0.25, 0.3) is 0 Å². The van der Waals surface area contributed by atoms with Gasteiger partial charge in [0.05, 0.1) is 5.69 Å². The zero-order chi connectivity index (χ0) is 12.4. The third kappa shape index (κ3) is 2.91. The van der Waals surface area contributed by atoms with Crippen LogP contribution >= 0.6 is 34.5 Å². The number of nitrogens with one attached hydrogen (secondary N) is 1. The molecule has 0 atom stereocenters. The van der Waals surface area contributed by atoms with Crippen LogP contribution in [0.2, 0.25) is 10.0 Å². The number of hydrogen-bond acceptors (Lipinski definition) is 3. The lowest BCUT2D eigenvalue weighted by Crippen LogP contribution is -1.98. The van der Waals surface area contributed by atoms with Gasteiger partial charge in [-0.25, -0.2) is 4.79 Å². The normalized spacial score (nSPS) is 10.2. The van der Waals surface area contributed by atoms with Gasteiger partial charge in [0.2, 0.25) is 0 Å². The molecule has 2 rings (SSSR count). The van der Waals surface area contributed by atoms with Crippen molar-refractivity contribution in [2.75, 3.05) is 5.32 Å². The number of aromatic carboxylic acids is 1. The second kappa shape index (κ2) is 4.96. The molecule has 6 heteroatoms. The van der Waals surface area contributed by atoms with Gasteiger partial charge in [-0.1, -0.05) is 23.2 Å². The van der Waals surface area contributed by atoms with Crippen molar-refractivity contribution in [1.82, 2.24) is 0 Å². The number of carboxylic acids is 1. The smallest absolute Gasteiger partial charge is 0.348 e. The number of anilines is 2. The Morgan fingerprint density at radius 2 is 1.88 bits per heavy atom. The first-order valence-electron chi connectivity index (χ1n) is 4.60. The Morgan fingerprint density at radius 1 is 1.24 bits per heavy atom. The summed E-state index contributed by atoms with van der Waals surface area (Å²) in [4.78, 5) is 11.2. The topological polar surface area (TPSA) is 49.3 Å². The molecule has 0 saturated carbocycles. The largest absolute Gasteiger partial charge is 0.477 e. The predicted molar refractivity (Wildman–Crippen MR) is 71.0 cm³/mol. The Bertz CT molecular complexity index is 548. The van der Waals surface area contributed by atoms with E-state index in [1.165, 1.54) is 0 Å². The molecule has 0 unspecified atom stereocenters. The highest BCUT2D eigenvalue weighted by molar-refractivity contribution is 7.12. The summed E-state index contributed by atoms with van der Waals surface area (Å²) < 4.78 is 0. The van der Waals surface area contributed by atoms with Crippen molar-refractivity contribution in [3.63, 3.8) is 0 Å². The van der Waals surface area contributed by atoms with E-state index in [2.05, 4.69) is 5.32 Å². The van der Waals surface area contributed by atoms with Gasteiger partial charge in [0.1, 0.15) is 4.88 Å². The summed E-state index contributed by atoms with van der Waals surface area (Å²) >= 11 is 12.9. The minimum Gasteiger partial charge on any atom is -0.477 e. The fraction of sp³-hybridized carbons (Fsp3) is 0. The maximum atomic E-state index is 10.9. The van der Waals surface area contributed by atoms with Crippen LogP contribution in [-0.4, -0.2) is 11.1 Å². The highest BCUT2D eigenvalue weighted by atomic mass is 35.5. The fourth-order valence-corrected chi connectivity index (χ4v) is 2.57. The summed E-state index contributed by atoms with van der Waals surface area (Å²) in [5.41, 5.74) is 1.18. The standard InChI is InChI=1S/C11H7Cl2NO2S/c12-6-3-7(13)5-8(4-6)14-9-1-2-17-10(9)11(15)16/h1-5,14H,(H,15,16). The van der Waals surface area contributed by atoms with Crippen molar-refractivity contribution in [1.29, 1.82) is 0 Å². The van der Waals surface area contributed by atoms with E-state index in [4.69, 9.17) is 28.3 Å². The highest BCUT2D eigenvalue weighted by Gasteiger charge is 2.11. The molecule has 0 aliphatic rings. The van der Waals surface area contributed by atoms with Crippen LogP contribution in [0.25, 0.3) is 0 Å². The Hall–Kier alpha value is -1.23. The molecule has 88 valence electrons. The molecule has 0 fully saturated rings. The van der Waals surface area contributed by atoms with Gasteiger partial charge in [-0.2, -0.15) is 0 Å². The SMILES string of the molecule is O=C(O)c1sccc1Nc1cc(Cl)cc(Cl)c1. The van der Waals surface area contributed by atoms with Crippen LogP contribution in [0.3, 0.4) is 0 Å². The molecule has 0 radical (unpaired) electrons. The molecule has 0 bridgehead atoms. The van der Waals surface area contributed by atoms with Gasteiger partial charge in [-0.3, -0.25) is 0 Å². The van der Waals surface area contributed by atoms with Crippen molar-refractivity contribution in [2.24, 2.45) is 0 Å². The molecule has 1 aromatic heterocycles. The van der Waals surface area contributed by atoms with E-state index in [1.54, 1.807) is 29.6 Å². The summed E-state index contributed by atoms with van der Waals surface area (Å²) in [5, 5.41) is 14.6. The molecule has 0 aliphatic heterocycles. The van der Waals surface area contributed by atoms with E-state index in [0.29, 0.717) is 21.4 Å². The summed E-state index contributed by atoms with van der Waals surface area (Å²) in [6.45, 7) is 0. The molecule has 3 nitrogen and oxygen atoms in total. The highest BCUT2D eigenvalue weighted by Crippen LogP contribution is 2.29. The van der Waals surface area contributed by atoms with E-state index in [-0.39, 0.29) is 4.88 Å². The third-order valence-corrected chi connectivity index (χ3v) is 3.34. The molecule has 0 saturated heterocycles. The minimum absolute atomic E-state index is 0.251. The van der Waals surface area contributed by atoms with Crippen molar-refractivity contribution >= 4 is 51.9 Å². The van der Waals surface area contributed by atoms with E-state index in [9.17, 15) is 4.79 Å². The van der Waals surface area contributed by atoms with Crippen LogP contribution in [0, 0.1) is 0 Å². The van der Waals surface area contributed by atoms with Crippen LogP contribution < -0.4 is 5.32 Å². The zero-order valence-corrected chi connectivity index (χ0v) is 10.7. The Morgan fingerprint density at radius 3 is 2.47 bits per heavy atom. The summed E-state index contributed by atoms with van der Waals surface area (Å²) in [6.07, 6.45) is 0. The fourth-order valence-electron chi connectivity index (χ4n) is 1.35. The van der Waals surface area contributed by atoms with Gasteiger partial charge < -0.3 is 10.4 Å². The first kappa shape index (κ1) is 12.2. The van der Waals surface area contributed by atoms with E-state index in [0.717, 1.165) is 11.3 Å². The van der Waals surface area contributed by atoms with E-state index < -0.39 is 5.97 Å². The van der Waals surface area contributed by atoms with Crippen LogP contribution in [0.1, 0.15) is 9.67 Å². The van der Waals surface area contributed by atoms with Gasteiger partial charge in [0, 0.05) is 15.7 Å². The van der Waals surface area contributed by atoms with Crippen molar-refractivity contribution in [3.05, 3.63) is 44.6 Å². The van der Waals surface area contributed by atoms with E-state index >= 15 is 0 Å². The number of benzene rings is 1. The van der Waals surface area contributed by atoms with Crippen LogP contribution in [0.4, 0.5) is 11.4 Å². The predicted octanol–water partition coefficient (Wildman–Crippen LogP) is 4.50. The lowest BCUT2D eigenvalue weighted by molar-refractivity contribution is 0.0703. The van der Waals surface area contributed by atoms with E-state index in [1.807, 2.05) is 0 Å². The first-order chi connectivity index (χ1) is 8.06. The average Bonchev–Trinajstić information content (AvgIpc) is 2.63. The Balaban J connectivity index is 2.31. The molecule has 17 heavy (non-hydrogen) atoms. The second-order valence-corrected chi connectivity index (χ2v) is 5.04. The number of carbonyl (C=O) groups is 1. The van der Waals surface area contributed by atoms with Crippen LogP contribution in [-0.2, 0) is 0 Å². The molecule has 0 aliphatic carbocycles. The van der Waals surface area contributed by atoms with Gasteiger partial charge >= 0.3 is 5.97 Å². The number of carboxylic acid groups (broad SMARTS) is 1. The maximum absolute atomic E-state index is 10.9. The lowest BCUT2D eigenvalue weighted by atomic mass is 10.3. The number of thiophene rings is 1. The molecular weight excluding hydrogens is 281 g/mol. The number of hydrogen-bond donors (Lipinski definition) is 2. The average molecular weight is 288 g/mol. The lowest BCUT2D eigenvalue weighted by Gasteiger charge is -2.06. The number of rotatable bonds is 3. The molecule has 0 amide bonds. The molecule has 1 aromatic carbocycles. The minimum atomic E-state index is -0.962. The first-order valence-corrected chi connectivity index (χ1v) is 6.24. The Kier molecular flexibility index (Phi) is 3.57. The summed E-state index contributed by atoms with van der Waals surface area (Å²) in [6, 6.07) is 6.66. The molecule has 1 heterocycles. The van der Waals surface area contributed by atoms with Crippen molar-refractivity contribution in [2.45, 2.75) is 0 Å². The van der Waals surface area contributed by atoms with Gasteiger partial charge in [-0.05, 0) is 29.6 Å². The Labute approximate surface area is 112 Å². The molecule has 0 spiro atoms. The molecule has 2 N–H and O–H groups in total. The van der Waals surface area contributed by atoms with Crippen molar-refractivity contribution in [3.8, 4) is 0 Å². The summed E-state index contributed by atoms with van der Waals surface area (Å²) in [5.74, 6) is -0.962. The number of halogens is 2. The third-order valence-electron chi connectivity index (χ3n) is 2.00. The van der Waals surface area contributed by atoms with Crippen molar-refractivity contribution < 1.29 is 9.90 Å². The molecule has 2 aromatic rings. The quantitative estimate of drug-likeness (QED) is 0.874. The van der Waals surface area contributed by atoms with Crippen LogP contribution in [0.5, 0.6) is 0 Å². The molecular formula is C11H7Cl2NO2S. The van der Waals surface area contributed by atoms with Crippen LogP contribution in [0.15, 0.2) is 29.6 Å². The maximum Gasteiger partial charge on any atom is 0.348 e. The monoisotopic (exact) mass is 287 g/mol. The second-order valence-electron chi connectivity index (χ2n) is 3.25. The van der Waals surface area contributed by atoms with Gasteiger partial charge in [-0.15, -0.1) is 11.3 Å². The zero-order valence-electron chi connectivity index (χ0n) is 8.41. The summed E-state index contributed by atoms with van der Waals surface area (Å²) in [7, 11) is 0.